The number of methoxy groups -OCH3 is 1. The summed E-state index contributed by atoms with van der Waals surface area (Å²) in [4.78, 5) is 10.1. The van der Waals surface area contributed by atoms with Gasteiger partial charge in [0.25, 0.3) is 15.7 Å². The van der Waals surface area contributed by atoms with Gasteiger partial charge in [0, 0.05) is 12.1 Å². The molecule has 0 unspecified atom stereocenters. The Labute approximate surface area is 183 Å². The molecule has 0 saturated heterocycles. The molecule has 2 N–H and O–H groups in total. The lowest BCUT2D eigenvalue weighted by Crippen LogP contribution is -2.15. The predicted molar refractivity (Wildman–Crippen MR) is 120 cm³/mol. The van der Waals surface area contributed by atoms with Crippen molar-refractivity contribution in [2.75, 3.05) is 17.3 Å². The average Bonchev–Trinajstić information content (AvgIpc) is 2.75. The molecule has 3 aromatic rings. The molecule has 0 amide bonds. The van der Waals surface area contributed by atoms with Gasteiger partial charge in [-0.2, -0.15) is 5.10 Å². The lowest BCUT2D eigenvalue weighted by molar-refractivity contribution is -0.385. The van der Waals surface area contributed by atoms with Gasteiger partial charge >= 0.3 is 0 Å². The number of hydrogen-bond donors (Lipinski definition) is 2. The number of para-hydroxylation sites is 1. The summed E-state index contributed by atoms with van der Waals surface area (Å²) < 4.78 is 33.4. The number of nitrogens with zero attached hydrogens (tertiary/aromatic N) is 2. The Balaban J connectivity index is 1.94. The molecular formula is C20H17ClN4O5S. The zero-order valence-corrected chi connectivity index (χ0v) is 17.7. The van der Waals surface area contributed by atoms with Crippen LogP contribution < -0.4 is 14.9 Å². The standard InChI is InChI=1S/C20H17ClN4O5S/c1-30-16-6-4-5-14(11-16)13-22-23-19-10-9-15(25(26)27)12-20(19)31(28,29)24-18-8-3-2-7-17(18)21/h2-13,23-24H,1H3/b22-13+. The Bertz CT molecular complexity index is 1250. The lowest BCUT2D eigenvalue weighted by atomic mass is 10.2. The Morgan fingerprint density at radius 2 is 1.84 bits per heavy atom. The van der Waals surface area contributed by atoms with Crippen molar-refractivity contribution in [3.05, 3.63) is 87.4 Å². The fourth-order valence-corrected chi connectivity index (χ4v) is 4.08. The second-order valence-corrected chi connectivity index (χ2v) is 8.23. The van der Waals surface area contributed by atoms with Crippen LogP contribution in [0.1, 0.15) is 5.56 Å². The van der Waals surface area contributed by atoms with Crippen molar-refractivity contribution < 1.29 is 18.1 Å². The molecule has 0 bridgehead atoms. The van der Waals surface area contributed by atoms with Gasteiger partial charge in [-0.05, 0) is 35.9 Å². The molecule has 11 heteroatoms. The molecule has 0 spiro atoms. The van der Waals surface area contributed by atoms with Gasteiger partial charge in [-0.1, -0.05) is 35.9 Å². The van der Waals surface area contributed by atoms with Crippen molar-refractivity contribution in [2.24, 2.45) is 5.10 Å². The molecule has 0 aromatic heterocycles. The number of nitro benzene ring substituents is 1. The molecule has 3 rings (SSSR count). The fourth-order valence-electron chi connectivity index (χ4n) is 2.58. The van der Waals surface area contributed by atoms with E-state index >= 15 is 0 Å². The van der Waals surface area contributed by atoms with Crippen LogP contribution in [0.4, 0.5) is 17.1 Å². The maximum absolute atomic E-state index is 13.0. The van der Waals surface area contributed by atoms with Crippen molar-refractivity contribution >= 4 is 44.9 Å². The molecule has 31 heavy (non-hydrogen) atoms. The highest BCUT2D eigenvalue weighted by Gasteiger charge is 2.23. The largest absolute Gasteiger partial charge is 0.497 e. The van der Waals surface area contributed by atoms with Crippen LogP contribution in [-0.2, 0) is 10.0 Å². The van der Waals surface area contributed by atoms with Crippen molar-refractivity contribution in [3.8, 4) is 5.75 Å². The molecule has 0 heterocycles. The molecular weight excluding hydrogens is 444 g/mol. The Morgan fingerprint density at radius 3 is 2.55 bits per heavy atom. The molecule has 0 aliphatic carbocycles. The Hall–Kier alpha value is -3.63. The van der Waals surface area contributed by atoms with E-state index in [1.54, 1.807) is 36.4 Å². The van der Waals surface area contributed by atoms with Crippen LogP contribution in [-0.4, -0.2) is 26.7 Å². The number of non-ortho nitro benzene ring substituents is 1. The molecule has 3 aromatic carbocycles. The summed E-state index contributed by atoms with van der Waals surface area (Å²) in [5, 5.41) is 15.4. The van der Waals surface area contributed by atoms with E-state index in [0.29, 0.717) is 11.3 Å². The van der Waals surface area contributed by atoms with Crippen LogP contribution >= 0.6 is 11.6 Å². The van der Waals surface area contributed by atoms with Gasteiger partial charge in [-0.25, -0.2) is 8.42 Å². The number of ether oxygens (including phenoxy) is 1. The van der Waals surface area contributed by atoms with Crippen molar-refractivity contribution in [1.82, 2.24) is 0 Å². The third-order valence-electron chi connectivity index (χ3n) is 4.08. The summed E-state index contributed by atoms with van der Waals surface area (Å²) in [5.74, 6) is 0.631. The summed E-state index contributed by atoms with van der Waals surface area (Å²) >= 11 is 6.03. The minimum absolute atomic E-state index is 0.0456. The SMILES string of the molecule is COc1cccc(/C=N/Nc2ccc([N+](=O)[O-])cc2S(=O)(=O)Nc2ccccc2Cl)c1. The molecule has 0 saturated carbocycles. The molecule has 0 atom stereocenters. The van der Waals surface area contributed by atoms with Crippen LogP contribution in [0.5, 0.6) is 5.75 Å². The molecule has 9 nitrogen and oxygen atoms in total. The average molecular weight is 461 g/mol. The van der Waals surface area contributed by atoms with Gasteiger partial charge in [0.1, 0.15) is 10.6 Å². The van der Waals surface area contributed by atoms with Gasteiger partial charge in [0.2, 0.25) is 0 Å². The number of anilines is 2. The number of benzene rings is 3. The first-order valence-electron chi connectivity index (χ1n) is 8.79. The second kappa shape index (κ2) is 9.45. The van der Waals surface area contributed by atoms with E-state index in [1.807, 2.05) is 0 Å². The van der Waals surface area contributed by atoms with Crippen molar-refractivity contribution in [1.29, 1.82) is 0 Å². The first-order chi connectivity index (χ1) is 14.8. The number of sulfonamides is 1. The zero-order chi connectivity index (χ0) is 22.4. The molecule has 160 valence electrons. The molecule has 0 fully saturated rings. The highest BCUT2D eigenvalue weighted by Crippen LogP contribution is 2.30. The second-order valence-electron chi connectivity index (χ2n) is 6.17. The van der Waals surface area contributed by atoms with E-state index in [0.717, 1.165) is 6.07 Å². The van der Waals surface area contributed by atoms with Crippen LogP contribution in [0, 0.1) is 10.1 Å². The van der Waals surface area contributed by atoms with Crippen molar-refractivity contribution in [2.45, 2.75) is 4.90 Å². The van der Waals surface area contributed by atoms with Gasteiger partial charge in [-0.3, -0.25) is 20.3 Å². The first-order valence-corrected chi connectivity index (χ1v) is 10.7. The Morgan fingerprint density at radius 1 is 1.06 bits per heavy atom. The topological polar surface area (TPSA) is 123 Å². The van der Waals surface area contributed by atoms with Gasteiger partial charge < -0.3 is 4.74 Å². The van der Waals surface area contributed by atoms with Gasteiger partial charge in [0.05, 0.1) is 34.6 Å². The predicted octanol–water partition coefficient (Wildman–Crippen LogP) is 4.50. The fraction of sp³-hybridized carbons (Fsp3) is 0.0500. The van der Waals surface area contributed by atoms with Crippen LogP contribution in [0.3, 0.4) is 0 Å². The maximum atomic E-state index is 13.0. The highest BCUT2D eigenvalue weighted by molar-refractivity contribution is 7.93. The number of rotatable bonds is 8. The molecule has 0 radical (unpaired) electrons. The summed E-state index contributed by atoms with van der Waals surface area (Å²) in [5.41, 5.74) is 3.13. The smallest absolute Gasteiger partial charge is 0.270 e. The van der Waals surface area contributed by atoms with E-state index < -0.39 is 14.9 Å². The zero-order valence-electron chi connectivity index (χ0n) is 16.2. The number of hydrazone groups is 1. The van der Waals surface area contributed by atoms with E-state index in [4.69, 9.17) is 16.3 Å². The summed E-state index contributed by atoms with van der Waals surface area (Å²) in [7, 11) is -2.69. The highest BCUT2D eigenvalue weighted by atomic mass is 35.5. The first kappa shape index (κ1) is 22.1. The quantitative estimate of drug-likeness (QED) is 0.290. The van der Waals surface area contributed by atoms with E-state index in [9.17, 15) is 18.5 Å². The number of halogens is 1. The monoisotopic (exact) mass is 460 g/mol. The van der Waals surface area contributed by atoms with Crippen molar-refractivity contribution in [3.63, 3.8) is 0 Å². The minimum atomic E-state index is -4.22. The lowest BCUT2D eigenvalue weighted by Gasteiger charge is -2.13. The summed E-state index contributed by atoms with van der Waals surface area (Å²) in [6.45, 7) is 0. The van der Waals surface area contributed by atoms with E-state index in [2.05, 4.69) is 15.2 Å². The molecule has 0 aliphatic heterocycles. The van der Waals surface area contributed by atoms with Crippen LogP contribution in [0.2, 0.25) is 5.02 Å². The van der Waals surface area contributed by atoms with Crippen LogP contribution in [0.15, 0.2) is 76.7 Å². The number of hydrogen-bond acceptors (Lipinski definition) is 7. The summed E-state index contributed by atoms with van der Waals surface area (Å²) in [6.07, 6.45) is 1.46. The van der Waals surface area contributed by atoms with E-state index in [1.165, 1.54) is 37.6 Å². The number of nitro groups is 1. The Kier molecular flexibility index (Phi) is 6.73. The number of nitrogens with one attached hydrogen (secondary N) is 2. The maximum Gasteiger partial charge on any atom is 0.270 e. The van der Waals surface area contributed by atoms with E-state index in [-0.39, 0.29) is 27.0 Å². The molecule has 0 aliphatic rings. The third-order valence-corrected chi connectivity index (χ3v) is 5.81. The normalized spacial score (nSPS) is 11.3. The van der Waals surface area contributed by atoms with Crippen LogP contribution in [0.25, 0.3) is 0 Å². The minimum Gasteiger partial charge on any atom is -0.497 e. The summed E-state index contributed by atoms with van der Waals surface area (Å²) in [6, 6.07) is 16.7. The van der Waals surface area contributed by atoms with Gasteiger partial charge in [0.15, 0.2) is 0 Å². The third kappa shape index (κ3) is 5.50. The van der Waals surface area contributed by atoms with Gasteiger partial charge in [-0.15, -0.1) is 0 Å².